The van der Waals surface area contributed by atoms with Crippen molar-refractivity contribution in [3.05, 3.63) is 54.0 Å². The lowest BCUT2D eigenvalue weighted by Crippen LogP contribution is -2.35. The lowest BCUT2D eigenvalue weighted by Gasteiger charge is -2.07. The molecule has 0 saturated carbocycles. The van der Waals surface area contributed by atoms with Gasteiger partial charge in [0.1, 0.15) is 4.83 Å². The number of amides is 1. The molecule has 3 rings (SSSR count). The zero-order valence-corrected chi connectivity index (χ0v) is 16.8. The first-order valence-corrected chi connectivity index (χ1v) is 9.93. The van der Waals surface area contributed by atoms with E-state index in [9.17, 15) is 14.4 Å². The topological polar surface area (TPSA) is 97.9 Å². The third-order valence-corrected chi connectivity index (χ3v) is 6.23. The van der Waals surface area contributed by atoms with Crippen LogP contribution in [0.15, 0.2) is 27.8 Å². The number of rotatable bonds is 6. The van der Waals surface area contributed by atoms with Crippen LogP contribution >= 0.6 is 34.5 Å². The Morgan fingerprint density at radius 2 is 2.00 bits per heavy atom. The SMILES string of the molecule is CCc1sc2[nH]c(=O)n(CCCC(N)=O)c(=O)c2c1-c1ccc(Cl)c(Cl)c1. The Bertz CT molecular complexity index is 1150. The van der Waals surface area contributed by atoms with Crippen molar-refractivity contribution in [3.8, 4) is 11.1 Å². The minimum atomic E-state index is -0.499. The summed E-state index contributed by atoms with van der Waals surface area (Å²) in [6.07, 6.45) is 1.11. The molecule has 1 amide bonds. The highest BCUT2D eigenvalue weighted by Gasteiger charge is 2.20. The predicted octanol–water partition coefficient (Wildman–Crippen LogP) is 3.55. The third kappa shape index (κ3) is 3.81. The average Bonchev–Trinajstić information content (AvgIpc) is 2.98. The molecule has 27 heavy (non-hydrogen) atoms. The van der Waals surface area contributed by atoms with Crippen molar-refractivity contribution in [1.29, 1.82) is 0 Å². The van der Waals surface area contributed by atoms with Gasteiger partial charge in [0.05, 0.1) is 15.4 Å². The predicted molar refractivity (Wildman–Crippen MR) is 110 cm³/mol. The summed E-state index contributed by atoms with van der Waals surface area (Å²) < 4.78 is 1.11. The molecule has 0 radical (unpaired) electrons. The normalized spacial score (nSPS) is 11.2. The van der Waals surface area contributed by atoms with Crippen molar-refractivity contribution in [2.24, 2.45) is 5.73 Å². The van der Waals surface area contributed by atoms with E-state index in [0.717, 1.165) is 20.6 Å². The van der Waals surface area contributed by atoms with Gasteiger partial charge in [0, 0.05) is 23.4 Å². The van der Waals surface area contributed by atoms with E-state index in [-0.39, 0.29) is 13.0 Å². The van der Waals surface area contributed by atoms with Crippen LogP contribution in [-0.2, 0) is 17.8 Å². The zero-order valence-electron chi connectivity index (χ0n) is 14.5. The molecule has 0 aliphatic carbocycles. The molecule has 3 aromatic rings. The highest BCUT2D eigenvalue weighted by Crippen LogP contribution is 2.38. The number of carbonyl (C=O) groups is 1. The number of thiophene rings is 1. The van der Waals surface area contributed by atoms with Gasteiger partial charge in [-0.3, -0.25) is 19.1 Å². The summed E-state index contributed by atoms with van der Waals surface area (Å²) in [5.41, 5.74) is 5.76. The van der Waals surface area contributed by atoms with Gasteiger partial charge in [-0.05, 0) is 30.5 Å². The van der Waals surface area contributed by atoms with Gasteiger partial charge in [-0.2, -0.15) is 0 Å². The smallest absolute Gasteiger partial charge is 0.329 e. The Labute approximate surface area is 168 Å². The maximum absolute atomic E-state index is 13.1. The Balaban J connectivity index is 2.23. The molecule has 0 fully saturated rings. The lowest BCUT2D eigenvalue weighted by atomic mass is 10.0. The Morgan fingerprint density at radius 3 is 2.63 bits per heavy atom. The van der Waals surface area contributed by atoms with Gasteiger partial charge in [0.2, 0.25) is 5.91 Å². The van der Waals surface area contributed by atoms with Gasteiger partial charge in [-0.1, -0.05) is 36.2 Å². The van der Waals surface area contributed by atoms with Crippen molar-refractivity contribution >= 4 is 50.7 Å². The average molecular weight is 426 g/mol. The summed E-state index contributed by atoms with van der Waals surface area (Å²) in [6, 6.07) is 5.20. The van der Waals surface area contributed by atoms with Gasteiger partial charge in [0.25, 0.3) is 5.56 Å². The molecular weight excluding hydrogens is 409 g/mol. The maximum Gasteiger partial charge on any atom is 0.329 e. The van der Waals surface area contributed by atoms with Crippen molar-refractivity contribution in [2.75, 3.05) is 0 Å². The number of H-pyrrole nitrogens is 1. The zero-order chi connectivity index (χ0) is 19.7. The van der Waals surface area contributed by atoms with E-state index in [1.54, 1.807) is 18.2 Å². The number of halogens is 2. The first kappa shape index (κ1) is 19.7. The number of hydrogen-bond acceptors (Lipinski definition) is 4. The number of nitrogens with two attached hydrogens (primary N) is 1. The molecule has 1 aromatic carbocycles. The van der Waals surface area contributed by atoms with Crippen LogP contribution in [-0.4, -0.2) is 15.5 Å². The molecule has 9 heteroatoms. The monoisotopic (exact) mass is 425 g/mol. The van der Waals surface area contributed by atoms with Crippen LogP contribution in [0.25, 0.3) is 21.3 Å². The second-order valence-electron chi connectivity index (χ2n) is 6.04. The number of primary amides is 1. The van der Waals surface area contributed by atoms with Gasteiger partial charge < -0.3 is 5.73 Å². The fraction of sp³-hybridized carbons (Fsp3) is 0.278. The Kier molecular flexibility index (Phi) is 5.74. The second-order valence-corrected chi connectivity index (χ2v) is 7.96. The largest absolute Gasteiger partial charge is 0.370 e. The maximum atomic E-state index is 13.1. The Hall–Kier alpha value is -2.09. The number of hydrogen-bond donors (Lipinski definition) is 2. The van der Waals surface area contributed by atoms with Gasteiger partial charge in [0.15, 0.2) is 0 Å². The molecule has 0 spiro atoms. The molecule has 2 aromatic heterocycles. The van der Waals surface area contributed by atoms with Crippen molar-refractivity contribution in [3.63, 3.8) is 0 Å². The summed E-state index contributed by atoms with van der Waals surface area (Å²) in [7, 11) is 0. The second kappa shape index (κ2) is 7.88. The highest BCUT2D eigenvalue weighted by atomic mass is 35.5. The van der Waals surface area contributed by atoms with Gasteiger partial charge in [-0.25, -0.2) is 4.79 Å². The van der Waals surface area contributed by atoms with Gasteiger partial charge >= 0.3 is 5.69 Å². The van der Waals surface area contributed by atoms with E-state index in [0.29, 0.717) is 33.1 Å². The molecule has 142 valence electrons. The minimum absolute atomic E-state index is 0.105. The number of nitrogens with zero attached hydrogens (tertiary/aromatic N) is 1. The van der Waals surface area contributed by atoms with E-state index in [1.807, 2.05) is 6.92 Å². The molecule has 0 atom stereocenters. The third-order valence-electron chi connectivity index (χ3n) is 4.24. The summed E-state index contributed by atoms with van der Waals surface area (Å²) in [5, 5.41) is 1.26. The minimum Gasteiger partial charge on any atom is -0.370 e. The van der Waals surface area contributed by atoms with E-state index in [2.05, 4.69) is 4.98 Å². The fourth-order valence-corrected chi connectivity index (χ4v) is 4.42. The number of aryl methyl sites for hydroxylation is 1. The molecule has 2 heterocycles. The number of aromatic nitrogens is 2. The summed E-state index contributed by atoms with van der Waals surface area (Å²) in [4.78, 5) is 40.6. The Morgan fingerprint density at radius 1 is 1.26 bits per heavy atom. The van der Waals surface area contributed by atoms with E-state index >= 15 is 0 Å². The van der Waals surface area contributed by atoms with Crippen LogP contribution in [0.2, 0.25) is 10.0 Å². The molecule has 0 bridgehead atoms. The summed E-state index contributed by atoms with van der Waals surface area (Å²) in [6.45, 7) is 2.10. The molecule has 0 aliphatic heterocycles. The highest BCUT2D eigenvalue weighted by molar-refractivity contribution is 7.19. The van der Waals surface area contributed by atoms with Crippen molar-refractivity contribution in [1.82, 2.24) is 9.55 Å². The van der Waals surface area contributed by atoms with Crippen LogP contribution < -0.4 is 17.0 Å². The number of aromatic amines is 1. The molecule has 3 N–H and O–H groups in total. The van der Waals surface area contributed by atoms with Crippen LogP contribution in [0.4, 0.5) is 0 Å². The van der Waals surface area contributed by atoms with E-state index in [4.69, 9.17) is 28.9 Å². The fourth-order valence-electron chi connectivity index (χ4n) is 2.98. The van der Waals surface area contributed by atoms with E-state index in [1.165, 1.54) is 11.3 Å². The molecule has 0 saturated heterocycles. The number of fused-ring (bicyclic) bond motifs is 1. The molecule has 0 aliphatic rings. The van der Waals surface area contributed by atoms with Crippen molar-refractivity contribution in [2.45, 2.75) is 32.7 Å². The standard InChI is InChI=1S/C18H17Cl2N3O3S/c1-2-12-14(9-5-6-10(19)11(20)8-9)15-16(27-12)22-18(26)23(17(15)25)7-3-4-13(21)24/h5-6,8H,2-4,7H2,1H3,(H2,21,24)(H,22,26). The quantitative estimate of drug-likeness (QED) is 0.631. The molecule has 0 unspecified atom stereocenters. The van der Waals surface area contributed by atoms with Crippen LogP contribution in [0.1, 0.15) is 24.6 Å². The summed E-state index contributed by atoms with van der Waals surface area (Å²) in [5.74, 6) is -0.471. The first-order chi connectivity index (χ1) is 12.8. The van der Waals surface area contributed by atoms with Crippen molar-refractivity contribution < 1.29 is 4.79 Å². The van der Waals surface area contributed by atoms with Crippen LogP contribution in [0.5, 0.6) is 0 Å². The van der Waals surface area contributed by atoms with E-state index < -0.39 is 17.2 Å². The number of carbonyl (C=O) groups excluding carboxylic acids is 1. The first-order valence-electron chi connectivity index (χ1n) is 8.35. The van der Waals surface area contributed by atoms with Crippen LogP contribution in [0.3, 0.4) is 0 Å². The lowest BCUT2D eigenvalue weighted by molar-refractivity contribution is -0.118. The number of nitrogens with one attached hydrogen (secondary N) is 1. The number of benzene rings is 1. The van der Waals surface area contributed by atoms with Gasteiger partial charge in [-0.15, -0.1) is 11.3 Å². The molecular formula is C18H17Cl2N3O3S. The molecule has 6 nitrogen and oxygen atoms in total. The van der Waals surface area contributed by atoms with Crippen LogP contribution in [0, 0.1) is 0 Å². The summed E-state index contributed by atoms with van der Waals surface area (Å²) >= 11 is 13.5.